The van der Waals surface area contributed by atoms with Gasteiger partial charge in [-0.1, -0.05) is 60.3 Å². The van der Waals surface area contributed by atoms with Crippen LogP contribution in [0.25, 0.3) is 21.7 Å². The maximum Gasteiger partial charge on any atom is 0.296 e. The lowest BCUT2D eigenvalue weighted by Gasteiger charge is -2.22. The number of fused-ring (bicyclic) bond motifs is 4. The van der Waals surface area contributed by atoms with Gasteiger partial charge < -0.3 is 13.7 Å². The first kappa shape index (κ1) is 20.9. The number of rotatable bonds is 5. The van der Waals surface area contributed by atoms with E-state index >= 15 is 0 Å². The molecule has 5 aromatic rings. The van der Waals surface area contributed by atoms with Gasteiger partial charge in [0, 0.05) is 6.07 Å². The van der Waals surface area contributed by atoms with Crippen LogP contribution in [0.2, 0.25) is 0 Å². The molecule has 0 spiro atoms. The molecule has 0 N–H and O–H groups in total. The number of carbonyl (C=O) groups excluding carboxylic acids is 1. The van der Waals surface area contributed by atoms with Crippen molar-refractivity contribution in [1.29, 1.82) is 0 Å². The van der Waals surface area contributed by atoms with Crippen LogP contribution in [0, 0.1) is 6.92 Å². The summed E-state index contributed by atoms with van der Waals surface area (Å²) in [5, 5.41) is 6.20. The summed E-state index contributed by atoms with van der Waals surface area (Å²) in [6.45, 7) is 5.76. The molecule has 0 aliphatic carbocycles. The lowest BCUT2D eigenvalue weighted by molar-refractivity contribution is 0.0969. The molecule has 1 aliphatic heterocycles. The molecule has 172 valence electrons. The van der Waals surface area contributed by atoms with Crippen molar-refractivity contribution in [3.05, 3.63) is 112 Å². The van der Waals surface area contributed by atoms with Crippen molar-refractivity contribution in [3.8, 4) is 5.75 Å². The van der Waals surface area contributed by atoms with Gasteiger partial charge in [-0.05, 0) is 41.5 Å². The van der Waals surface area contributed by atoms with Gasteiger partial charge >= 0.3 is 0 Å². The van der Waals surface area contributed by atoms with Crippen LogP contribution in [0.5, 0.6) is 5.75 Å². The van der Waals surface area contributed by atoms with E-state index in [9.17, 15) is 9.59 Å². The number of nitrogens with zero attached hydrogens (tertiary/aromatic N) is 2. The number of ether oxygens (including phenoxy) is 1. The molecule has 0 fully saturated rings. The highest BCUT2D eigenvalue weighted by molar-refractivity contribution is 6.12. The van der Waals surface area contributed by atoms with Crippen molar-refractivity contribution in [1.82, 2.24) is 5.16 Å². The standard InChI is InChI=1S/C28H20N2O5/c1-3-13-33-19-9-6-8-18(15-19)25-24-26(31)23-20-10-5-4-7-17(20)11-12-21(23)34-27(24)28(32)30(25)22-14-16(2)35-29-22/h3-12,14-15,25H,1,13H2,2H3. The predicted molar refractivity (Wildman–Crippen MR) is 132 cm³/mol. The van der Waals surface area contributed by atoms with E-state index in [0.29, 0.717) is 40.5 Å². The van der Waals surface area contributed by atoms with Gasteiger partial charge in [0.15, 0.2) is 11.2 Å². The molecule has 3 heterocycles. The Balaban J connectivity index is 1.65. The molecule has 35 heavy (non-hydrogen) atoms. The molecule has 1 amide bonds. The molecule has 0 saturated heterocycles. The minimum Gasteiger partial charge on any atom is -0.490 e. The van der Waals surface area contributed by atoms with E-state index in [1.807, 2.05) is 54.6 Å². The van der Waals surface area contributed by atoms with Gasteiger partial charge in [0.2, 0.25) is 5.76 Å². The molecule has 7 nitrogen and oxygen atoms in total. The van der Waals surface area contributed by atoms with E-state index < -0.39 is 11.9 Å². The Morgan fingerprint density at radius 2 is 1.94 bits per heavy atom. The highest BCUT2D eigenvalue weighted by atomic mass is 16.5. The Labute approximate surface area is 199 Å². The summed E-state index contributed by atoms with van der Waals surface area (Å²) < 4.78 is 17.1. The summed E-state index contributed by atoms with van der Waals surface area (Å²) in [5.41, 5.74) is 1.06. The lowest BCUT2D eigenvalue weighted by Crippen LogP contribution is -2.29. The van der Waals surface area contributed by atoms with E-state index in [-0.39, 0.29) is 16.8 Å². The molecular formula is C28H20N2O5. The Bertz CT molecular complexity index is 1700. The van der Waals surface area contributed by atoms with Gasteiger partial charge in [-0.3, -0.25) is 14.5 Å². The number of carbonyl (C=O) groups is 1. The smallest absolute Gasteiger partial charge is 0.296 e. The fourth-order valence-electron chi connectivity index (χ4n) is 4.68. The zero-order chi connectivity index (χ0) is 24.1. The van der Waals surface area contributed by atoms with E-state index in [2.05, 4.69) is 11.7 Å². The summed E-state index contributed by atoms with van der Waals surface area (Å²) >= 11 is 0. The van der Waals surface area contributed by atoms with E-state index in [1.165, 1.54) is 4.90 Å². The Hall–Kier alpha value is -4.65. The number of anilines is 1. The quantitative estimate of drug-likeness (QED) is 0.250. The third kappa shape index (κ3) is 3.24. The highest BCUT2D eigenvalue weighted by Gasteiger charge is 2.45. The van der Waals surface area contributed by atoms with Crippen molar-refractivity contribution in [3.63, 3.8) is 0 Å². The topological polar surface area (TPSA) is 85.8 Å². The Morgan fingerprint density at radius 3 is 2.74 bits per heavy atom. The molecule has 0 radical (unpaired) electrons. The van der Waals surface area contributed by atoms with Crippen LogP contribution in [0.3, 0.4) is 0 Å². The van der Waals surface area contributed by atoms with Crippen LogP contribution in [0.15, 0.2) is 93.1 Å². The van der Waals surface area contributed by atoms with Gasteiger partial charge in [-0.2, -0.15) is 0 Å². The fraction of sp³-hybridized carbons (Fsp3) is 0.107. The molecular weight excluding hydrogens is 444 g/mol. The first-order valence-electron chi connectivity index (χ1n) is 11.2. The number of aromatic nitrogens is 1. The van der Waals surface area contributed by atoms with Crippen molar-refractivity contribution in [2.45, 2.75) is 13.0 Å². The average Bonchev–Trinajstić information content (AvgIpc) is 3.43. The number of amides is 1. The molecule has 1 aliphatic rings. The van der Waals surface area contributed by atoms with Crippen LogP contribution in [0.1, 0.15) is 33.5 Å². The molecule has 2 aromatic heterocycles. The molecule has 1 atom stereocenters. The zero-order valence-electron chi connectivity index (χ0n) is 18.9. The van der Waals surface area contributed by atoms with Gasteiger partial charge in [0.25, 0.3) is 5.91 Å². The average molecular weight is 464 g/mol. The third-order valence-electron chi connectivity index (χ3n) is 6.17. The van der Waals surface area contributed by atoms with E-state index in [1.54, 1.807) is 25.1 Å². The van der Waals surface area contributed by atoms with Crippen molar-refractivity contribution < 1.29 is 18.5 Å². The highest BCUT2D eigenvalue weighted by Crippen LogP contribution is 2.42. The second kappa shape index (κ2) is 7.99. The largest absolute Gasteiger partial charge is 0.490 e. The molecule has 0 saturated carbocycles. The summed E-state index contributed by atoms with van der Waals surface area (Å²) in [6.07, 6.45) is 1.65. The van der Waals surface area contributed by atoms with E-state index in [0.717, 1.165) is 10.8 Å². The number of hydrogen-bond donors (Lipinski definition) is 0. The molecule has 0 bridgehead atoms. The minimum atomic E-state index is -0.770. The lowest BCUT2D eigenvalue weighted by atomic mass is 9.96. The second-order valence-electron chi connectivity index (χ2n) is 8.38. The summed E-state index contributed by atoms with van der Waals surface area (Å²) in [5.74, 6) is 0.981. The number of hydrogen-bond acceptors (Lipinski definition) is 6. The Kier molecular flexibility index (Phi) is 4.77. The molecule has 3 aromatic carbocycles. The van der Waals surface area contributed by atoms with Crippen molar-refractivity contribution in [2.75, 3.05) is 11.5 Å². The molecule has 6 rings (SSSR count). The van der Waals surface area contributed by atoms with Gasteiger partial charge in [0.05, 0.1) is 17.0 Å². The third-order valence-corrected chi connectivity index (χ3v) is 6.17. The van der Waals surface area contributed by atoms with Crippen LogP contribution in [-0.2, 0) is 0 Å². The Morgan fingerprint density at radius 1 is 1.09 bits per heavy atom. The van der Waals surface area contributed by atoms with Gasteiger partial charge in [-0.15, -0.1) is 0 Å². The van der Waals surface area contributed by atoms with Gasteiger partial charge in [-0.25, -0.2) is 0 Å². The minimum absolute atomic E-state index is 0.000784. The number of aryl methyl sites for hydroxylation is 1. The van der Waals surface area contributed by atoms with Crippen LogP contribution < -0.4 is 15.1 Å². The number of benzene rings is 3. The van der Waals surface area contributed by atoms with E-state index in [4.69, 9.17) is 13.7 Å². The summed E-state index contributed by atoms with van der Waals surface area (Å²) in [4.78, 5) is 29.2. The normalized spacial score (nSPS) is 15.1. The van der Waals surface area contributed by atoms with Crippen LogP contribution in [0.4, 0.5) is 5.82 Å². The van der Waals surface area contributed by atoms with Crippen LogP contribution >= 0.6 is 0 Å². The van der Waals surface area contributed by atoms with Crippen molar-refractivity contribution >= 4 is 33.5 Å². The predicted octanol–water partition coefficient (Wildman–Crippen LogP) is 5.56. The van der Waals surface area contributed by atoms with Crippen molar-refractivity contribution in [2.24, 2.45) is 0 Å². The summed E-state index contributed by atoms with van der Waals surface area (Å²) in [7, 11) is 0. The summed E-state index contributed by atoms with van der Waals surface area (Å²) in [6, 6.07) is 19.4. The van der Waals surface area contributed by atoms with Gasteiger partial charge in [0.1, 0.15) is 23.7 Å². The first-order chi connectivity index (χ1) is 17.1. The molecule has 7 heteroatoms. The first-order valence-corrected chi connectivity index (χ1v) is 11.2. The fourth-order valence-corrected chi connectivity index (χ4v) is 4.68. The maximum atomic E-state index is 14.1. The zero-order valence-corrected chi connectivity index (χ0v) is 18.9. The second-order valence-corrected chi connectivity index (χ2v) is 8.38. The van der Waals surface area contributed by atoms with Crippen LogP contribution in [-0.4, -0.2) is 17.7 Å². The maximum absolute atomic E-state index is 14.1. The molecule has 1 unspecified atom stereocenters. The SMILES string of the molecule is C=CCOc1cccc(C2c3c(oc4ccc5ccccc5c4c3=O)C(=O)N2c2cc(C)on2)c1. The monoisotopic (exact) mass is 464 g/mol.